The number of amides is 1. The molecule has 1 fully saturated rings. The Bertz CT molecular complexity index is 439. The first-order chi connectivity index (χ1) is 9.16. The number of thiophene rings is 1. The molecule has 0 spiro atoms. The van der Waals surface area contributed by atoms with E-state index in [0.717, 1.165) is 6.54 Å². The molecule has 1 aliphatic heterocycles. The fraction of sp³-hybridized carbons (Fsp3) is 0.538. The highest BCUT2D eigenvalue weighted by atomic mass is 35.5. The highest BCUT2D eigenvalue weighted by Gasteiger charge is 2.24. The van der Waals surface area contributed by atoms with E-state index in [1.807, 2.05) is 11.4 Å². The molecule has 1 saturated heterocycles. The smallest absolute Gasteiger partial charge is 0.220 e. The van der Waals surface area contributed by atoms with Crippen LogP contribution in [-0.2, 0) is 4.79 Å². The van der Waals surface area contributed by atoms with Crippen LogP contribution in [0.3, 0.4) is 0 Å². The molecular formula is C13H19ClN2O3S. The first-order valence-corrected chi connectivity index (χ1v) is 7.27. The van der Waals surface area contributed by atoms with Crippen molar-refractivity contribution in [3.05, 3.63) is 22.4 Å². The fourth-order valence-corrected chi connectivity index (χ4v) is 2.74. The fourth-order valence-electron chi connectivity index (χ4n) is 2.05. The van der Waals surface area contributed by atoms with Gasteiger partial charge in [0.1, 0.15) is 0 Å². The zero-order chi connectivity index (χ0) is 13.7. The molecule has 0 saturated carbocycles. The summed E-state index contributed by atoms with van der Waals surface area (Å²) in [5, 5.41) is 17.3. The van der Waals surface area contributed by atoms with Gasteiger partial charge in [0, 0.05) is 38.4 Å². The normalized spacial score (nSPS) is 21.2. The lowest BCUT2D eigenvalue weighted by molar-refractivity contribution is -0.121. The number of halogens is 1. The van der Waals surface area contributed by atoms with Crippen molar-refractivity contribution in [1.82, 2.24) is 10.6 Å². The minimum Gasteiger partial charge on any atom is -0.391 e. The molecule has 1 amide bonds. The predicted octanol–water partition coefficient (Wildman–Crippen LogP) is 0.829. The number of carbonyl (C=O) groups excluding carboxylic acids is 2. The Balaban J connectivity index is 0.00000200. The molecule has 3 N–H and O–H groups in total. The summed E-state index contributed by atoms with van der Waals surface area (Å²) in [6.07, 6.45) is 0.0400. The second kappa shape index (κ2) is 8.36. The zero-order valence-corrected chi connectivity index (χ0v) is 12.6. The van der Waals surface area contributed by atoms with Gasteiger partial charge in [0.15, 0.2) is 5.78 Å². The van der Waals surface area contributed by atoms with E-state index in [1.165, 1.54) is 11.3 Å². The maximum Gasteiger partial charge on any atom is 0.220 e. The van der Waals surface area contributed by atoms with Crippen LogP contribution < -0.4 is 10.6 Å². The van der Waals surface area contributed by atoms with Crippen LogP contribution >= 0.6 is 23.7 Å². The summed E-state index contributed by atoms with van der Waals surface area (Å²) in [6.45, 7) is 1.76. The Morgan fingerprint density at radius 1 is 1.40 bits per heavy atom. The first-order valence-electron chi connectivity index (χ1n) is 6.39. The van der Waals surface area contributed by atoms with Gasteiger partial charge >= 0.3 is 0 Å². The van der Waals surface area contributed by atoms with Gasteiger partial charge in [-0.25, -0.2) is 0 Å². The van der Waals surface area contributed by atoms with E-state index in [4.69, 9.17) is 0 Å². The Labute approximate surface area is 128 Å². The van der Waals surface area contributed by atoms with Crippen LogP contribution in [0.5, 0.6) is 0 Å². The van der Waals surface area contributed by atoms with Gasteiger partial charge in [0.2, 0.25) is 5.91 Å². The lowest BCUT2D eigenvalue weighted by atomic mass is 10.1. The van der Waals surface area contributed by atoms with Gasteiger partial charge in [-0.1, -0.05) is 6.07 Å². The zero-order valence-electron chi connectivity index (χ0n) is 11.0. The number of carbonyl (C=O) groups is 2. The van der Waals surface area contributed by atoms with Gasteiger partial charge in [0.05, 0.1) is 11.0 Å². The maximum absolute atomic E-state index is 11.7. The molecule has 2 atom stereocenters. The van der Waals surface area contributed by atoms with Crippen LogP contribution in [0.4, 0.5) is 0 Å². The van der Waals surface area contributed by atoms with Crippen molar-refractivity contribution in [2.75, 3.05) is 19.6 Å². The highest BCUT2D eigenvalue weighted by molar-refractivity contribution is 7.12. The molecule has 112 valence electrons. The standard InChI is InChI=1S/C13H18N2O3S.ClH/c16-10(12-2-1-5-19-12)3-4-13(18)15-7-9-6-14-8-11(9)17;/h1-2,5,9,11,14,17H,3-4,6-8H2,(H,15,18);1H. The summed E-state index contributed by atoms with van der Waals surface area (Å²) in [6, 6.07) is 3.60. The molecule has 2 unspecified atom stereocenters. The van der Waals surface area contributed by atoms with Crippen LogP contribution in [0.2, 0.25) is 0 Å². The third kappa shape index (κ3) is 4.86. The van der Waals surface area contributed by atoms with Crippen molar-refractivity contribution in [3.8, 4) is 0 Å². The summed E-state index contributed by atoms with van der Waals surface area (Å²) < 4.78 is 0. The van der Waals surface area contributed by atoms with Crippen molar-refractivity contribution in [3.63, 3.8) is 0 Å². The van der Waals surface area contributed by atoms with E-state index in [2.05, 4.69) is 10.6 Å². The van der Waals surface area contributed by atoms with Gasteiger partial charge in [-0.2, -0.15) is 0 Å². The summed E-state index contributed by atoms with van der Waals surface area (Å²) in [4.78, 5) is 24.0. The summed E-state index contributed by atoms with van der Waals surface area (Å²) in [7, 11) is 0. The number of rotatable bonds is 6. The lowest BCUT2D eigenvalue weighted by Gasteiger charge is -2.13. The molecule has 1 aromatic rings. The average Bonchev–Trinajstić information content (AvgIpc) is 3.05. The van der Waals surface area contributed by atoms with Crippen molar-refractivity contribution in [2.45, 2.75) is 18.9 Å². The third-order valence-corrected chi connectivity index (χ3v) is 4.15. The summed E-state index contributed by atoms with van der Waals surface area (Å²) >= 11 is 1.39. The van der Waals surface area contributed by atoms with Crippen molar-refractivity contribution in [1.29, 1.82) is 0 Å². The summed E-state index contributed by atoms with van der Waals surface area (Å²) in [5.41, 5.74) is 0. The maximum atomic E-state index is 11.7. The molecule has 0 bridgehead atoms. The SMILES string of the molecule is Cl.O=C(CCC(=O)c1cccs1)NCC1CNCC1O. The number of Topliss-reactive ketones (excluding diaryl/α,β-unsaturated/α-hetero) is 1. The van der Waals surface area contributed by atoms with Crippen molar-refractivity contribution >= 4 is 35.4 Å². The van der Waals surface area contributed by atoms with Crippen molar-refractivity contribution < 1.29 is 14.7 Å². The number of ketones is 1. The van der Waals surface area contributed by atoms with Crippen LogP contribution in [0.25, 0.3) is 0 Å². The van der Waals surface area contributed by atoms with Crippen LogP contribution in [0.15, 0.2) is 17.5 Å². The van der Waals surface area contributed by atoms with E-state index >= 15 is 0 Å². The summed E-state index contributed by atoms with van der Waals surface area (Å²) in [5.74, 6) is -0.0614. The predicted molar refractivity (Wildman–Crippen MR) is 80.5 cm³/mol. The number of β-amino-alcohol motifs (C(OH)–C–C–N with tert-alkyl or cyclic N) is 1. The van der Waals surface area contributed by atoms with Crippen LogP contribution in [0.1, 0.15) is 22.5 Å². The molecule has 0 aromatic carbocycles. The molecular weight excluding hydrogens is 300 g/mol. The van der Waals surface area contributed by atoms with E-state index < -0.39 is 6.10 Å². The monoisotopic (exact) mass is 318 g/mol. The Kier molecular flexibility index (Phi) is 7.15. The third-order valence-electron chi connectivity index (χ3n) is 3.24. The number of aliphatic hydroxyl groups excluding tert-OH is 1. The highest BCUT2D eigenvalue weighted by Crippen LogP contribution is 2.12. The average molecular weight is 319 g/mol. The molecule has 0 aliphatic carbocycles. The topological polar surface area (TPSA) is 78.4 Å². The first kappa shape index (κ1) is 17.1. The second-order valence-electron chi connectivity index (χ2n) is 4.69. The minimum atomic E-state index is -0.395. The van der Waals surface area contributed by atoms with E-state index in [0.29, 0.717) is 18.0 Å². The van der Waals surface area contributed by atoms with Crippen LogP contribution in [0, 0.1) is 5.92 Å². The molecule has 1 aromatic heterocycles. The Morgan fingerprint density at radius 2 is 2.20 bits per heavy atom. The molecule has 2 rings (SSSR count). The minimum absolute atomic E-state index is 0. The largest absolute Gasteiger partial charge is 0.391 e. The molecule has 2 heterocycles. The van der Waals surface area contributed by atoms with Crippen LogP contribution in [-0.4, -0.2) is 42.5 Å². The Hall–Kier alpha value is -0.950. The van der Waals surface area contributed by atoms with Crippen molar-refractivity contribution in [2.24, 2.45) is 5.92 Å². The second-order valence-corrected chi connectivity index (χ2v) is 5.64. The van der Waals surface area contributed by atoms with Gasteiger partial charge in [-0.15, -0.1) is 23.7 Å². The Morgan fingerprint density at radius 3 is 2.80 bits per heavy atom. The van der Waals surface area contributed by atoms with E-state index in [-0.39, 0.29) is 42.9 Å². The van der Waals surface area contributed by atoms with Gasteiger partial charge in [0.25, 0.3) is 0 Å². The molecule has 1 aliphatic rings. The van der Waals surface area contributed by atoms with E-state index in [1.54, 1.807) is 6.07 Å². The number of nitrogens with one attached hydrogen (secondary N) is 2. The molecule has 0 radical (unpaired) electrons. The number of hydrogen-bond donors (Lipinski definition) is 3. The quantitative estimate of drug-likeness (QED) is 0.679. The van der Waals surface area contributed by atoms with Gasteiger partial charge < -0.3 is 15.7 Å². The van der Waals surface area contributed by atoms with Gasteiger partial charge in [-0.3, -0.25) is 9.59 Å². The molecule has 7 heteroatoms. The number of aliphatic hydroxyl groups is 1. The van der Waals surface area contributed by atoms with Gasteiger partial charge in [-0.05, 0) is 11.4 Å². The molecule has 5 nitrogen and oxygen atoms in total. The number of hydrogen-bond acceptors (Lipinski definition) is 5. The van der Waals surface area contributed by atoms with E-state index in [9.17, 15) is 14.7 Å². The lowest BCUT2D eigenvalue weighted by Crippen LogP contribution is -2.34. The molecule has 20 heavy (non-hydrogen) atoms.